The fourth-order valence-corrected chi connectivity index (χ4v) is 5.35. The van der Waals surface area contributed by atoms with Crippen molar-refractivity contribution >= 4 is 0 Å². The molecule has 1 N–H and O–H groups in total. The van der Waals surface area contributed by atoms with E-state index in [-0.39, 0.29) is 0 Å². The van der Waals surface area contributed by atoms with E-state index >= 15 is 0 Å². The number of nitrogens with zero attached hydrogens (tertiary/aromatic N) is 4. The monoisotopic (exact) mass is 472 g/mol. The first kappa shape index (κ1) is 23.3. The number of aryl methyl sites for hydroxylation is 2. The first-order valence-electron chi connectivity index (χ1n) is 12.1. The number of methoxy groups -OCH3 is 1. The number of hydrogen-bond donors (Lipinski definition) is 1. The Hall–Kier alpha value is -3.45. The first-order valence-corrected chi connectivity index (χ1v) is 12.1. The Kier molecular flexibility index (Phi) is 5.75. The number of oxazole rings is 1. The summed E-state index contributed by atoms with van der Waals surface area (Å²) in [6.07, 6.45) is 4.18. The Morgan fingerprint density at radius 3 is 2.63 bits per heavy atom. The van der Waals surface area contributed by atoms with Crippen LogP contribution in [0.25, 0.3) is 22.7 Å². The van der Waals surface area contributed by atoms with E-state index in [0.717, 1.165) is 42.2 Å². The molecular formula is C28H32N4O3. The summed E-state index contributed by atoms with van der Waals surface area (Å²) in [6, 6.07) is 14.3. The van der Waals surface area contributed by atoms with Crippen molar-refractivity contribution in [2.24, 2.45) is 0 Å². The van der Waals surface area contributed by atoms with Gasteiger partial charge in [-0.2, -0.15) is 0 Å². The van der Waals surface area contributed by atoms with Crippen molar-refractivity contribution in [3.05, 3.63) is 71.5 Å². The fraction of sp³-hybridized carbons (Fsp3) is 0.393. The average Bonchev–Trinajstić information content (AvgIpc) is 3.46. The molecule has 0 bridgehead atoms. The van der Waals surface area contributed by atoms with Gasteiger partial charge in [-0.05, 0) is 63.3 Å². The number of aliphatic hydroxyl groups is 1. The van der Waals surface area contributed by atoms with Crippen LogP contribution in [0.1, 0.15) is 49.5 Å². The van der Waals surface area contributed by atoms with Gasteiger partial charge in [0.1, 0.15) is 11.6 Å². The Morgan fingerprint density at radius 1 is 1.14 bits per heavy atom. The van der Waals surface area contributed by atoms with Crippen molar-refractivity contribution in [3.63, 3.8) is 0 Å². The van der Waals surface area contributed by atoms with E-state index in [2.05, 4.69) is 39.8 Å². The fourth-order valence-electron chi connectivity index (χ4n) is 5.35. The van der Waals surface area contributed by atoms with Crippen molar-refractivity contribution in [2.75, 3.05) is 7.11 Å². The van der Waals surface area contributed by atoms with Crippen LogP contribution >= 0.6 is 0 Å². The number of benzene rings is 2. The topological polar surface area (TPSA) is 86.2 Å². The quantitative estimate of drug-likeness (QED) is 0.411. The number of rotatable bonds is 6. The molecule has 1 atom stereocenters. The third-order valence-corrected chi connectivity index (χ3v) is 7.44. The second-order valence-corrected chi connectivity index (χ2v) is 10.0. The van der Waals surface area contributed by atoms with Crippen LogP contribution in [0.5, 0.6) is 5.75 Å². The van der Waals surface area contributed by atoms with E-state index in [9.17, 15) is 5.11 Å². The van der Waals surface area contributed by atoms with Gasteiger partial charge in [-0.15, -0.1) is 10.2 Å². The van der Waals surface area contributed by atoms with Crippen LogP contribution in [-0.4, -0.2) is 37.6 Å². The maximum Gasteiger partial charge on any atom is 0.191 e. The highest BCUT2D eigenvalue weighted by atomic mass is 16.5. The Balaban J connectivity index is 1.60. The molecule has 0 spiro atoms. The van der Waals surface area contributed by atoms with Crippen LogP contribution < -0.4 is 4.74 Å². The summed E-state index contributed by atoms with van der Waals surface area (Å²) >= 11 is 0. The SMILES string of the molecule is COc1cc(-c2nnc3n2CCCC3(Cc2ccccc2C)C(C)(C)O)ccc1-c1cnc(C)o1. The van der Waals surface area contributed by atoms with E-state index in [1.165, 1.54) is 11.1 Å². The van der Waals surface area contributed by atoms with Gasteiger partial charge in [0.2, 0.25) is 0 Å². The van der Waals surface area contributed by atoms with Gasteiger partial charge in [-0.1, -0.05) is 30.3 Å². The van der Waals surface area contributed by atoms with Crippen molar-refractivity contribution in [1.29, 1.82) is 0 Å². The van der Waals surface area contributed by atoms with Gasteiger partial charge in [-0.3, -0.25) is 0 Å². The highest BCUT2D eigenvalue weighted by Gasteiger charge is 2.50. The zero-order chi connectivity index (χ0) is 24.8. The zero-order valence-electron chi connectivity index (χ0n) is 21.0. The molecule has 0 aliphatic carbocycles. The lowest BCUT2D eigenvalue weighted by molar-refractivity contribution is -0.0255. The van der Waals surface area contributed by atoms with E-state index in [0.29, 0.717) is 23.8 Å². The van der Waals surface area contributed by atoms with Crippen LogP contribution in [-0.2, 0) is 18.4 Å². The lowest BCUT2D eigenvalue weighted by Gasteiger charge is -2.45. The molecule has 2 aromatic carbocycles. The number of aromatic nitrogens is 4. The molecule has 0 saturated carbocycles. The van der Waals surface area contributed by atoms with Crippen LogP contribution in [0.3, 0.4) is 0 Å². The minimum absolute atomic E-state index is 0.552. The molecule has 3 heterocycles. The molecule has 182 valence electrons. The molecule has 0 saturated heterocycles. The highest BCUT2D eigenvalue weighted by Crippen LogP contribution is 2.46. The summed E-state index contributed by atoms with van der Waals surface area (Å²) in [7, 11) is 1.65. The second kappa shape index (κ2) is 8.64. The Bertz CT molecular complexity index is 1360. The Morgan fingerprint density at radius 2 is 1.94 bits per heavy atom. The van der Waals surface area contributed by atoms with Crippen LogP contribution in [0, 0.1) is 13.8 Å². The highest BCUT2D eigenvalue weighted by molar-refractivity contribution is 5.71. The molecule has 0 radical (unpaired) electrons. The molecule has 7 nitrogen and oxygen atoms in total. The largest absolute Gasteiger partial charge is 0.496 e. The summed E-state index contributed by atoms with van der Waals surface area (Å²) in [5, 5.41) is 20.8. The number of ether oxygens (including phenoxy) is 1. The molecule has 35 heavy (non-hydrogen) atoms. The molecule has 1 aliphatic rings. The lowest BCUT2D eigenvalue weighted by Crippen LogP contribution is -2.52. The smallest absolute Gasteiger partial charge is 0.191 e. The van der Waals surface area contributed by atoms with Gasteiger partial charge in [0, 0.05) is 19.0 Å². The second-order valence-electron chi connectivity index (χ2n) is 10.0. The Labute approximate surface area is 205 Å². The van der Waals surface area contributed by atoms with Crippen LogP contribution in [0.2, 0.25) is 0 Å². The van der Waals surface area contributed by atoms with Gasteiger partial charge in [0.15, 0.2) is 17.5 Å². The molecule has 0 fully saturated rings. The molecule has 1 aliphatic heterocycles. The minimum Gasteiger partial charge on any atom is -0.496 e. The first-order chi connectivity index (χ1) is 16.7. The van der Waals surface area contributed by atoms with Crippen molar-refractivity contribution in [2.45, 2.75) is 64.5 Å². The van der Waals surface area contributed by atoms with E-state index < -0.39 is 11.0 Å². The summed E-state index contributed by atoms with van der Waals surface area (Å²) in [6.45, 7) is 8.53. The predicted octanol–water partition coefficient (Wildman–Crippen LogP) is 5.27. The van der Waals surface area contributed by atoms with Gasteiger partial charge in [0.25, 0.3) is 0 Å². The number of hydrogen-bond acceptors (Lipinski definition) is 6. The average molecular weight is 473 g/mol. The van der Waals surface area contributed by atoms with Gasteiger partial charge in [-0.25, -0.2) is 4.98 Å². The summed E-state index contributed by atoms with van der Waals surface area (Å²) in [4.78, 5) is 4.21. The summed E-state index contributed by atoms with van der Waals surface area (Å²) in [5.41, 5.74) is 2.65. The zero-order valence-corrected chi connectivity index (χ0v) is 21.0. The number of fused-ring (bicyclic) bond motifs is 1. The normalized spacial score (nSPS) is 17.9. The maximum absolute atomic E-state index is 11.5. The molecule has 1 unspecified atom stereocenters. The third-order valence-electron chi connectivity index (χ3n) is 7.44. The molecule has 2 aromatic heterocycles. The van der Waals surface area contributed by atoms with Crippen LogP contribution in [0.4, 0.5) is 0 Å². The van der Waals surface area contributed by atoms with Crippen molar-refractivity contribution < 1.29 is 14.3 Å². The molecular weight excluding hydrogens is 440 g/mol. The van der Waals surface area contributed by atoms with E-state index in [4.69, 9.17) is 14.3 Å². The molecule has 5 rings (SSSR count). The minimum atomic E-state index is -0.983. The maximum atomic E-state index is 11.5. The third kappa shape index (κ3) is 3.93. The summed E-state index contributed by atoms with van der Waals surface area (Å²) in [5.74, 6) is 3.56. The summed E-state index contributed by atoms with van der Waals surface area (Å²) < 4.78 is 13.6. The predicted molar refractivity (Wildman–Crippen MR) is 134 cm³/mol. The van der Waals surface area contributed by atoms with Crippen molar-refractivity contribution in [3.8, 4) is 28.5 Å². The van der Waals surface area contributed by atoms with Gasteiger partial charge < -0.3 is 18.8 Å². The van der Waals surface area contributed by atoms with E-state index in [1.54, 1.807) is 13.3 Å². The van der Waals surface area contributed by atoms with E-state index in [1.807, 2.05) is 45.0 Å². The van der Waals surface area contributed by atoms with Crippen LogP contribution in [0.15, 0.2) is 53.1 Å². The van der Waals surface area contributed by atoms with Gasteiger partial charge >= 0.3 is 0 Å². The van der Waals surface area contributed by atoms with Crippen molar-refractivity contribution in [1.82, 2.24) is 19.7 Å². The standard InChI is InChI=1S/C28H32N4O3/c1-18-9-6-7-10-21(18)16-28(27(3,4)33)13-8-14-32-25(30-31-26(28)32)20-11-12-22(23(15-20)34-5)24-17-29-19(2)35-24/h6-7,9-12,15,17,33H,8,13-14,16H2,1-5H3. The molecule has 0 amide bonds. The van der Waals surface area contributed by atoms with Gasteiger partial charge in [0.05, 0.1) is 29.9 Å². The molecule has 4 aromatic rings. The molecule has 7 heteroatoms. The lowest BCUT2D eigenvalue weighted by atomic mass is 9.64.